The maximum Gasteiger partial charge on any atom is 0.147 e. The van der Waals surface area contributed by atoms with Gasteiger partial charge in [-0.25, -0.2) is 4.39 Å². The quantitative estimate of drug-likeness (QED) is 0.516. The fourth-order valence-electron chi connectivity index (χ4n) is 0.881. The summed E-state index contributed by atoms with van der Waals surface area (Å²) in [5, 5.41) is 0. The van der Waals surface area contributed by atoms with E-state index in [0.717, 1.165) is 0 Å². The first kappa shape index (κ1) is 7.28. The van der Waals surface area contributed by atoms with Gasteiger partial charge in [0.1, 0.15) is 5.67 Å². The third-order valence-electron chi connectivity index (χ3n) is 1.68. The molecule has 2 nitrogen and oxygen atoms in total. The first-order valence-electron chi connectivity index (χ1n) is 3.13. The maximum absolute atomic E-state index is 13.2. The van der Waals surface area contributed by atoms with Crippen LogP contribution in [0.3, 0.4) is 0 Å². The number of alkyl halides is 1. The highest BCUT2D eigenvalue weighted by atomic mass is 19.1. The van der Waals surface area contributed by atoms with E-state index in [4.69, 9.17) is 11.5 Å². The van der Waals surface area contributed by atoms with E-state index in [9.17, 15) is 4.39 Å². The molecule has 0 fully saturated rings. The van der Waals surface area contributed by atoms with Gasteiger partial charge in [-0.15, -0.1) is 0 Å². The van der Waals surface area contributed by atoms with Crippen molar-refractivity contribution < 1.29 is 4.39 Å². The molecule has 0 bridgehead atoms. The van der Waals surface area contributed by atoms with E-state index in [0.29, 0.717) is 5.70 Å². The number of hydrogen-bond donors (Lipinski definition) is 2. The molecule has 0 aliphatic heterocycles. The van der Waals surface area contributed by atoms with Crippen LogP contribution in [-0.4, -0.2) is 11.7 Å². The standard InChI is InChI=1S/C7H11FN2/c1-7(8)4-2-3-5(9)6(7)10/h2-4,6H,9-10H2,1H3. The smallest absolute Gasteiger partial charge is 0.147 e. The maximum atomic E-state index is 13.2. The summed E-state index contributed by atoms with van der Waals surface area (Å²) in [5.74, 6) is 0. The van der Waals surface area contributed by atoms with Crippen molar-refractivity contribution in [3.63, 3.8) is 0 Å². The molecule has 0 aromatic heterocycles. The Balaban J connectivity index is 2.89. The van der Waals surface area contributed by atoms with E-state index < -0.39 is 11.7 Å². The summed E-state index contributed by atoms with van der Waals surface area (Å²) in [6.45, 7) is 1.41. The summed E-state index contributed by atoms with van der Waals surface area (Å²) in [6, 6.07) is -0.697. The molecule has 0 saturated carbocycles. The second-order valence-corrected chi connectivity index (χ2v) is 2.65. The zero-order valence-electron chi connectivity index (χ0n) is 5.84. The molecule has 1 aliphatic rings. The second kappa shape index (κ2) is 2.09. The van der Waals surface area contributed by atoms with Crippen LogP contribution in [0.15, 0.2) is 23.9 Å². The van der Waals surface area contributed by atoms with Gasteiger partial charge in [-0.1, -0.05) is 6.08 Å². The lowest BCUT2D eigenvalue weighted by Crippen LogP contribution is -2.45. The van der Waals surface area contributed by atoms with Crippen LogP contribution in [-0.2, 0) is 0 Å². The first-order valence-corrected chi connectivity index (χ1v) is 3.13. The van der Waals surface area contributed by atoms with Gasteiger partial charge < -0.3 is 11.5 Å². The summed E-state index contributed by atoms with van der Waals surface area (Å²) < 4.78 is 13.2. The number of rotatable bonds is 0. The minimum absolute atomic E-state index is 0.396. The number of allylic oxidation sites excluding steroid dienone is 2. The largest absolute Gasteiger partial charge is 0.401 e. The average Bonchev–Trinajstić information content (AvgIpc) is 1.83. The Bertz CT molecular complexity index is 194. The molecular weight excluding hydrogens is 131 g/mol. The number of nitrogens with two attached hydrogens (primary N) is 2. The zero-order valence-corrected chi connectivity index (χ0v) is 5.84. The molecule has 4 N–H and O–H groups in total. The third kappa shape index (κ3) is 1.04. The molecule has 0 heterocycles. The molecule has 0 amide bonds. The highest BCUT2D eigenvalue weighted by Crippen LogP contribution is 2.22. The Morgan fingerprint density at radius 1 is 1.70 bits per heavy atom. The van der Waals surface area contributed by atoms with Crippen LogP contribution >= 0.6 is 0 Å². The van der Waals surface area contributed by atoms with Crippen LogP contribution in [0, 0.1) is 0 Å². The van der Waals surface area contributed by atoms with Gasteiger partial charge in [0.15, 0.2) is 0 Å². The summed E-state index contributed by atoms with van der Waals surface area (Å²) in [7, 11) is 0. The van der Waals surface area contributed by atoms with E-state index in [1.54, 1.807) is 12.2 Å². The molecule has 2 unspecified atom stereocenters. The third-order valence-corrected chi connectivity index (χ3v) is 1.68. The van der Waals surface area contributed by atoms with Crippen molar-refractivity contribution in [2.24, 2.45) is 11.5 Å². The fraction of sp³-hybridized carbons (Fsp3) is 0.429. The Labute approximate surface area is 59.4 Å². The van der Waals surface area contributed by atoms with Crippen molar-refractivity contribution in [2.45, 2.75) is 18.6 Å². The van der Waals surface area contributed by atoms with Crippen molar-refractivity contribution in [2.75, 3.05) is 0 Å². The van der Waals surface area contributed by atoms with Crippen molar-refractivity contribution in [1.82, 2.24) is 0 Å². The Hall–Kier alpha value is -0.830. The van der Waals surface area contributed by atoms with Gasteiger partial charge in [0, 0.05) is 5.70 Å². The lowest BCUT2D eigenvalue weighted by atomic mass is 9.92. The molecule has 0 radical (unpaired) electrons. The number of hydrogen-bond acceptors (Lipinski definition) is 2. The van der Waals surface area contributed by atoms with Crippen LogP contribution in [0.4, 0.5) is 4.39 Å². The second-order valence-electron chi connectivity index (χ2n) is 2.65. The van der Waals surface area contributed by atoms with E-state index in [1.165, 1.54) is 13.0 Å². The molecular formula is C7H11FN2. The molecule has 0 aromatic carbocycles. The normalized spacial score (nSPS) is 39.5. The predicted octanol–water partition coefficient (Wildman–Crippen LogP) is 0.454. The Morgan fingerprint density at radius 2 is 2.30 bits per heavy atom. The molecule has 1 aliphatic carbocycles. The van der Waals surface area contributed by atoms with E-state index in [1.807, 2.05) is 0 Å². The minimum atomic E-state index is -1.49. The van der Waals surface area contributed by atoms with Crippen LogP contribution in [0.5, 0.6) is 0 Å². The lowest BCUT2D eigenvalue weighted by molar-refractivity contribution is 0.225. The minimum Gasteiger partial charge on any atom is -0.401 e. The monoisotopic (exact) mass is 142 g/mol. The SMILES string of the molecule is CC1(F)C=CC=C(N)C1N. The van der Waals surface area contributed by atoms with Crippen molar-refractivity contribution >= 4 is 0 Å². The Kier molecular flexibility index (Phi) is 1.52. The van der Waals surface area contributed by atoms with Gasteiger partial charge in [-0.2, -0.15) is 0 Å². The zero-order chi connectivity index (χ0) is 7.78. The van der Waals surface area contributed by atoms with Crippen molar-refractivity contribution in [3.8, 4) is 0 Å². The molecule has 56 valence electrons. The molecule has 2 atom stereocenters. The molecule has 0 spiro atoms. The summed E-state index contributed by atoms with van der Waals surface area (Å²) >= 11 is 0. The van der Waals surface area contributed by atoms with Gasteiger partial charge in [0.05, 0.1) is 6.04 Å². The van der Waals surface area contributed by atoms with E-state index in [-0.39, 0.29) is 0 Å². The molecule has 0 aromatic rings. The van der Waals surface area contributed by atoms with E-state index >= 15 is 0 Å². The fourth-order valence-corrected chi connectivity index (χ4v) is 0.881. The molecule has 3 heteroatoms. The van der Waals surface area contributed by atoms with Gasteiger partial charge in [-0.05, 0) is 19.1 Å². The van der Waals surface area contributed by atoms with Crippen molar-refractivity contribution in [3.05, 3.63) is 23.9 Å². The van der Waals surface area contributed by atoms with Crippen LogP contribution < -0.4 is 11.5 Å². The average molecular weight is 142 g/mol. The molecule has 0 saturated heterocycles. The van der Waals surface area contributed by atoms with Gasteiger partial charge in [0.2, 0.25) is 0 Å². The summed E-state index contributed by atoms with van der Waals surface area (Å²) in [5.41, 5.74) is 9.74. The molecule has 1 rings (SSSR count). The number of halogens is 1. The summed E-state index contributed by atoms with van der Waals surface area (Å²) in [6.07, 6.45) is 4.61. The highest BCUT2D eigenvalue weighted by molar-refractivity contribution is 5.28. The van der Waals surface area contributed by atoms with Crippen LogP contribution in [0.1, 0.15) is 6.92 Å². The Morgan fingerprint density at radius 3 is 2.70 bits per heavy atom. The van der Waals surface area contributed by atoms with Gasteiger partial charge in [0.25, 0.3) is 0 Å². The van der Waals surface area contributed by atoms with Crippen LogP contribution in [0.2, 0.25) is 0 Å². The lowest BCUT2D eigenvalue weighted by Gasteiger charge is -2.26. The summed E-state index contributed by atoms with van der Waals surface area (Å²) in [4.78, 5) is 0. The van der Waals surface area contributed by atoms with E-state index in [2.05, 4.69) is 0 Å². The van der Waals surface area contributed by atoms with Gasteiger partial charge in [-0.3, -0.25) is 0 Å². The topological polar surface area (TPSA) is 52.0 Å². The van der Waals surface area contributed by atoms with Gasteiger partial charge >= 0.3 is 0 Å². The van der Waals surface area contributed by atoms with Crippen molar-refractivity contribution in [1.29, 1.82) is 0 Å². The molecule has 10 heavy (non-hydrogen) atoms. The first-order chi connectivity index (χ1) is 4.54. The van der Waals surface area contributed by atoms with Crippen LogP contribution in [0.25, 0.3) is 0 Å². The highest BCUT2D eigenvalue weighted by Gasteiger charge is 2.31. The predicted molar refractivity (Wildman–Crippen MR) is 38.9 cm³/mol.